The van der Waals surface area contributed by atoms with E-state index in [0.29, 0.717) is 54.7 Å². The molecule has 0 spiro atoms. The number of benzene rings is 5. The first kappa shape index (κ1) is 92.7. The van der Waals surface area contributed by atoms with Crippen LogP contribution in [0.25, 0.3) is 0 Å². The molecule has 0 aliphatic carbocycles. The van der Waals surface area contributed by atoms with Crippen molar-refractivity contribution in [3.05, 3.63) is 128 Å². The zero-order valence-electron chi connectivity index (χ0n) is 77.5. The number of unbranched alkanes of at least 4 members (excludes halogenated alkanes) is 3. The molecule has 0 fully saturated rings. The second-order valence-corrected chi connectivity index (χ2v) is 131. The van der Waals surface area contributed by atoms with E-state index in [9.17, 15) is 0 Å². The third-order valence-electron chi connectivity index (χ3n) is 24.6. The Morgan fingerprint density at radius 3 is 0.510 bits per heavy atom. The normalized spacial score (nSPS) is 15.8. The van der Waals surface area contributed by atoms with Crippen molar-refractivity contribution < 1.29 is 0 Å². The van der Waals surface area contributed by atoms with Gasteiger partial charge in [-0.2, -0.15) is 0 Å². The van der Waals surface area contributed by atoms with Gasteiger partial charge in [0.15, 0.2) is 0 Å². The molecule has 0 saturated carbocycles. The van der Waals surface area contributed by atoms with Crippen LogP contribution in [0.3, 0.4) is 0 Å². The van der Waals surface area contributed by atoms with Gasteiger partial charge in [0.1, 0.15) is 0 Å². The fraction of sp³-hybridized carbons (Fsp3) is 0.667. The molecule has 7 rings (SSSR count). The summed E-state index contributed by atoms with van der Waals surface area (Å²) in [5.74, 6) is 1.66. The smallest absolute Gasteiger partial charge is 0.0536 e. The van der Waals surface area contributed by atoms with Crippen molar-refractivity contribution >= 4 is 159 Å². The van der Waals surface area contributed by atoms with Crippen LogP contribution in [0.2, 0.25) is 236 Å². The van der Waals surface area contributed by atoms with Gasteiger partial charge in [-0.15, -0.1) is 0 Å². The summed E-state index contributed by atoms with van der Waals surface area (Å²) < 4.78 is 15.4. The number of fused-ring (bicyclic) bond motifs is 2. The van der Waals surface area contributed by atoms with E-state index in [0.717, 1.165) is 0 Å². The summed E-state index contributed by atoms with van der Waals surface area (Å²) in [5.41, 5.74) is 17.9. The Kier molecular flexibility index (Phi) is 28.1. The summed E-state index contributed by atoms with van der Waals surface area (Å²) in [5, 5.41) is 3.82. The molecule has 2 aliphatic rings. The average molecular weight is 1730 g/mol. The van der Waals surface area contributed by atoms with Gasteiger partial charge < -0.3 is 0 Å². The molecule has 0 atom stereocenters. The molecule has 5 aromatic rings. The van der Waals surface area contributed by atoms with E-state index in [1.54, 1.807) is 33.4 Å². The van der Waals surface area contributed by atoms with E-state index in [2.05, 4.69) is 378 Å². The minimum atomic E-state index is -3.97. The standard InChI is InChI=1S/C84H154Ge2Si12.C6H14/c1-57(2)63-47-45-48-64(58(3)4)75(63)85(77-67(81(91(21,22)23)92(24,25)26)51-61(79(87(9,10)11)88(12,13)14)52-68(77)82(93(27,28)29)94(30,31)32)71-55-73-74(56-72(71)85)86(73,76-65(59(5)6)49-46-50-66(76)60(7)8)78-69(83(95(33,34)35)96(36,37)38)53-62(80(89(15,16)17)90(18,19)20)54-70(78)84(97(39,40)41)98(42,43)44;1-3-5-6-4-2/h45-60,79-84H,1-44H3;3-6H2,1-2H3. The van der Waals surface area contributed by atoms with Crippen molar-refractivity contribution in [2.24, 2.45) is 0 Å². The molecular formula is C90H168Ge2Si12. The Hall–Kier alpha value is -0.212. The van der Waals surface area contributed by atoms with Crippen LogP contribution in [0, 0.1) is 0 Å². The molecule has 0 bridgehead atoms. The zero-order chi connectivity index (χ0) is 80.5. The van der Waals surface area contributed by atoms with Gasteiger partial charge in [0, 0.05) is 0 Å². The number of hydrogen-bond acceptors (Lipinski definition) is 0. The molecular weight excluding hydrogens is 1560 g/mol. The van der Waals surface area contributed by atoms with E-state index in [1.165, 1.54) is 25.7 Å². The molecule has 5 aromatic carbocycles. The maximum atomic E-state index is 3.22. The topological polar surface area (TPSA) is 0 Å². The van der Waals surface area contributed by atoms with Crippen LogP contribution in [-0.2, 0) is 0 Å². The third kappa shape index (κ3) is 18.8. The van der Waals surface area contributed by atoms with Gasteiger partial charge in [-0.3, -0.25) is 0 Å². The van der Waals surface area contributed by atoms with Crippen molar-refractivity contribution in [1.82, 2.24) is 0 Å². The second kappa shape index (κ2) is 31.5. The minimum absolute atomic E-state index is 0.414. The van der Waals surface area contributed by atoms with Crippen molar-refractivity contribution in [1.29, 1.82) is 0 Å². The fourth-order valence-electron chi connectivity index (χ4n) is 24.5. The average Bonchev–Trinajstić information content (AvgIpc) is 1.45. The molecule has 0 unspecified atom stereocenters. The Labute approximate surface area is 665 Å². The maximum absolute atomic E-state index is 3.97. The van der Waals surface area contributed by atoms with Crippen LogP contribution < -0.4 is 35.2 Å². The summed E-state index contributed by atoms with van der Waals surface area (Å²) in [6, 6.07) is 34.6. The summed E-state index contributed by atoms with van der Waals surface area (Å²) in [4.78, 5) is 0. The molecule has 0 saturated heterocycles. The van der Waals surface area contributed by atoms with Crippen molar-refractivity contribution in [2.75, 3.05) is 0 Å². The molecule has 0 nitrogen and oxygen atoms in total. The number of rotatable bonds is 29. The summed E-state index contributed by atoms with van der Waals surface area (Å²) in [7, 11) is -22.5. The molecule has 0 N–H and O–H groups in total. The van der Waals surface area contributed by atoms with Crippen LogP contribution in [0.4, 0.5) is 0 Å². The maximum Gasteiger partial charge on any atom is -0.0536 e. The molecule has 2 heterocycles. The molecule has 0 amide bonds. The molecule has 0 aromatic heterocycles. The van der Waals surface area contributed by atoms with E-state index in [4.69, 9.17) is 0 Å². The predicted molar refractivity (Wildman–Crippen MR) is 524 cm³/mol. The van der Waals surface area contributed by atoms with Crippen LogP contribution in [0.1, 0.15) is 205 Å². The van der Waals surface area contributed by atoms with Gasteiger partial charge in [0.2, 0.25) is 0 Å². The summed E-state index contributed by atoms with van der Waals surface area (Å²) in [6.45, 7) is 126. The van der Waals surface area contributed by atoms with Crippen molar-refractivity contribution in [3.8, 4) is 0 Å². The van der Waals surface area contributed by atoms with Gasteiger partial charge in [-0.1, -0.05) is 39.5 Å². The van der Waals surface area contributed by atoms with E-state index >= 15 is 0 Å². The van der Waals surface area contributed by atoms with Gasteiger partial charge in [0.25, 0.3) is 0 Å². The first-order valence-electron chi connectivity index (χ1n) is 42.3. The zero-order valence-corrected chi connectivity index (χ0v) is 93.7. The van der Waals surface area contributed by atoms with Crippen LogP contribution in [-0.4, -0.2) is 123 Å². The van der Waals surface area contributed by atoms with Crippen LogP contribution >= 0.6 is 0 Å². The monoisotopic (exact) mass is 1730 g/mol. The first-order valence-corrected chi connectivity index (χ1v) is 93.7. The molecule has 2 aliphatic heterocycles. The molecule has 14 heteroatoms. The Morgan fingerprint density at radius 1 is 0.221 bits per heavy atom. The Morgan fingerprint density at radius 2 is 0.375 bits per heavy atom. The third-order valence-corrected chi connectivity index (χ3v) is 101. The molecule has 584 valence electrons. The molecule has 0 radical (unpaired) electrons. The van der Waals surface area contributed by atoms with Crippen molar-refractivity contribution in [3.63, 3.8) is 0 Å². The Bertz CT molecular complexity index is 3320. The van der Waals surface area contributed by atoms with E-state index in [1.807, 2.05) is 57.4 Å². The predicted octanol–water partition coefficient (Wildman–Crippen LogP) is 25.2. The summed E-state index contributed by atoms with van der Waals surface area (Å²) >= 11 is -7.95. The number of hydrogen-bond donors (Lipinski definition) is 0. The van der Waals surface area contributed by atoms with Gasteiger partial charge in [-0.05, 0) is 0 Å². The SMILES string of the molecule is CC(C)c1cccc(C(C)C)[c]1[Ge]1([c]2c(C([Si](C)(C)C)[Si](C)(C)C)cc(C([Si](C)(C)C)[Si](C)(C)C)cc2C([Si](C)(C)C)[Si](C)(C)C)[c]2c[c]3[c](c[c]21)[Ge]3([c]1c(C(C)C)cccc1C(C)C)[c]1c(C([Si](C)(C)C)[Si](C)(C)C)cc(C([Si](C)(C)C)[Si](C)(C)C)cc1C([Si](C)(C)C)[Si](C)(C)C.CCCCCC. The fourth-order valence-corrected chi connectivity index (χ4v) is 131. The molecule has 104 heavy (non-hydrogen) atoms. The largest absolute Gasteiger partial charge is 0.0654 e. The first-order chi connectivity index (χ1) is 46.5. The van der Waals surface area contributed by atoms with E-state index in [-0.39, 0.29) is 0 Å². The van der Waals surface area contributed by atoms with Crippen LogP contribution in [0.15, 0.2) is 72.8 Å². The van der Waals surface area contributed by atoms with Crippen molar-refractivity contribution in [2.45, 2.75) is 385 Å². The van der Waals surface area contributed by atoms with Gasteiger partial charge >= 0.3 is 633 Å². The van der Waals surface area contributed by atoms with E-state index < -0.39 is 123 Å². The van der Waals surface area contributed by atoms with Crippen LogP contribution in [0.5, 0.6) is 0 Å². The van der Waals surface area contributed by atoms with Gasteiger partial charge in [0.05, 0.1) is 0 Å². The second-order valence-electron chi connectivity index (χ2n) is 48.5. The Balaban J connectivity index is 0.00000271. The quantitative estimate of drug-likeness (QED) is 0.0324. The summed E-state index contributed by atoms with van der Waals surface area (Å²) in [6.07, 6.45) is 5.54. The van der Waals surface area contributed by atoms with Gasteiger partial charge in [-0.25, -0.2) is 0 Å². The minimum Gasteiger partial charge on any atom is -0.0654 e.